The number of aromatic nitrogens is 2. The van der Waals surface area contributed by atoms with Crippen LogP contribution in [-0.2, 0) is 11.3 Å². The van der Waals surface area contributed by atoms with Crippen LogP contribution in [-0.4, -0.2) is 21.2 Å². The van der Waals surface area contributed by atoms with E-state index < -0.39 is 0 Å². The molecule has 4 aromatic rings. The molecule has 7 heteroatoms. The molecule has 0 saturated carbocycles. The zero-order valence-electron chi connectivity index (χ0n) is 18.6. The molecule has 2 aromatic carbocycles. The number of carbonyl (C=O) groups excluding carboxylic acids is 1. The number of carbonyl (C=O) groups is 1. The van der Waals surface area contributed by atoms with Gasteiger partial charge < -0.3 is 5.32 Å². The number of hydrogen-bond donors (Lipinski definition) is 1. The fourth-order valence-corrected chi connectivity index (χ4v) is 5.69. The van der Waals surface area contributed by atoms with Gasteiger partial charge in [0.2, 0.25) is 5.91 Å². The van der Waals surface area contributed by atoms with Gasteiger partial charge in [0.05, 0.1) is 11.3 Å². The Bertz CT molecular complexity index is 1330. The first-order valence-corrected chi connectivity index (χ1v) is 12.3. The fraction of sp³-hybridized carbons (Fsp3) is 0.240. The van der Waals surface area contributed by atoms with E-state index in [-0.39, 0.29) is 17.2 Å². The van der Waals surface area contributed by atoms with E-state index in [1.54, 1.807) is 4.57 Å². The van der Waals surface area contributed by atoms with Crippen LogP contribution in [0.5, 0.6) is 0 Å². The summed E-state index contributed by atoms with van der Waals surface area (Å²) in [6.07, 6.45) is 0. The van der Waals surface area contributed by atoms with Crippen LogP contribution < -0.4 is 10.9 Å². The van der Waals surface area contributed by atoms with Crippen molar-refractivity contribution in [2.75, 3.05) is 11.1 Å². The third-order valence-corrected chi connectivity index (χ3v) is 7.25. The Morgan fingerprint density at radius 2 is 1.81 bits per heavy atom. The number of benzene rings is 2. The van der Waals surface area contributed by atoms with Gasteiger partial charge in [-0.25, -0.2) is 4.98 Å². The van der Waals surface area contributed by atoms with Crippen molar-refractivity contribution < 1.29 is 4.79 Å². The number of thiophene rings is 1. The van der Waals surface area contributed by atoms with Crippen molar-refractivity contribution >= 4 is 44.9 Å². The van der Waals surface area contributed by atoms with Crippen LogP contribution in [0.15, 0.2) is 57.8 Å². The minimum Gasteiger partial charge on any atom is -0.325 e. The highest BCUT2D eigenvalue weighted by Gasteiger charge is 2.17. The third-order valence-electron chi connectivity index (χ3n) is 5.32. The second kappa shape index (κ2) is 9.30. The predicted molar refractivity (Wildman–Crippen MR) is 135 cm³/mol. The molecular weight excluding hydrogens is 438 g/mol. The van der Waals surface area contributed by atoms with Gasteiger partial charge in [0.1, 0.15) is 4.70 Å². The second-order valence-electron chi connectivity index (χ2n) is 7.75. The molecular formula is C25H25N3O2S2. The average Bonchev–Trinajstić information content (AvgIpc) is 3.19. The maximum atomic E-state index is 13.1. The molecule has 1 amide bonds. The van der Waals surface area contributed by atoms with Crippen LogP contribution in [0, 0.1) is 20.8 Å². The first kappa shape index (κ1) is 22.3. The molecule has 1 N–H and O–H groups in total. The van der Waals surface area contributed by atoms with Gasteiger partial charge in [-0.15, -0.1) is 11.3 Å². The smallest absolute Gasteiger partial charge is 0.272 e. The van der Waals surface area contributed by atoms with E-state index in [1.807, 2.05) is 63.4 Å². The molecule has 0 atom stereocenters. The van der Waals surface area contributed by atoms with Crippen molar-refractivity contribution in [3.05, 3.63) is 74.9 Å². The number of amides is 1. The van der Waals surface area contributed by atoms with Gasteiger partial charge in [0.15, 0.2) is 5.16 Å². The molecule has 0 fully saturated rings. The van der Waals surface area contributed by atoms with Crippen molar-refractivity contribution in [3.63, 3.8) is 0 Å². The maximum absolute atomic E-state index is 13.1. The number of aryl methyl sites for hydroxylation is 3. The molecule has 32 heavy (non-hydrogen) atoms. The molecule has 0 aliphatic heterocycles. The van der Waals surface area contributed by atoms with Crippen LogP contribution in [0.2, 0.25) is 0 Å². The summed E-state index contributed by atoms with van der Waals surface area (Å²) in [7, 11) is 0. The maximum Gasteiger partial charge on any atom is 0.272 e. The normalized spacial score (nSPS) is 11.1. The topological polar surface area (TPSA) is 64.0 Å². The molecule has 2 heterocycles. The Labute approximate surface area is 195 Å². The number of nitrogens with zero attached hydrogens (tertiary/aromatic N) is 2. The molecule has 4 rings (SSSR count). The molecule has 0 saturated heterocycles. The number of hydrogen-bond acceptors (Lipinski definition) is 5. The van der Waals surface area contributed by atoms with E-state index in [0.29, 0.717) is 21.9 Å². The van der Waals surface area contributed by atoms with Gasteiger partial charge in [-0.1, -0.05) is 59.8 Å². The van der Waals surface area contributed by atoms with Gasteiger partial charge in [-0.3, -0.25) is 14.2 Å². The van der Waals surface area contributed by atoms with Gasteiger partial charge in [-0.05, 0) is 44.4 Å². The summed E-state index contributed by atoms with van der Waals surface area (Å²) in [6, 6.07) is 14.1. The monoisotopic (exact) mass is 463 g/mol. The first-order valence-electron chi connectivity index (χ1n) is 10.5. The Morgan fingerprint density at radius 3 is 2.47 bits per heavy atom. The zero-order chi connectivity index (χ0) is 22.8. The summed E-state index contributed by atoms with van der Waals surface area (Å²) < 4.78 is 2.29. The summed E-state index contributed by atoms with van der Waals surface area (Å²) in [5.74, 6) is 0.0610. The molecule has 164 valence electrons. The molecule has 0 aliphatic rings. The SMILES string of the molecule is CCn1c(SCC(=O)Nc2c(C)cc(C)cc2C)nc2c(-c3ccccc3)csc2c1=O. The van der Waals surface area contributed by atoms with Crippen LogP contribution >= 0.6 is 23.1 Å². The number of rotatable bonds is 6. The number of fused-ring (bicyclic) bond motifs is 1. The van der Waals surface area contributed by atoms with Gasteiger partial charge >= 0.3 is 0 Å². The standard InChI is InChI=1S/C25H25N3O2S2/c1-5-28-24(30)23-22(19(13-31-23)18-9-7-6-8-10-18)27-25(28)32-14-20(29)26-21-16(3)11-15(2)12-17(21)4/h6-13H,5,14H2,1-4H3,(H,26,29). The second-order valence-corrected chi connectivity index (χ2v) is 9.57. The van der Waals surface area contributed by atoms with E-state index in [2.05, 4.69) is 17.4 Å². The summed E-state index contributed by atoms with van der Waals surface area (Å²) in [5, 5.41) is 5.57. The van der Waals surface area contributed by atoms with Crippen molar-refractivity contribution in [1.29, 1.82) is 0 Å². The minimum atomic E-state index is -0.115. The van der Waals surface area contributed by atoms with Crippen LogP contribution in [0.25, 0.3) is 21.3 Å². The summed E-state index contributed by atoms with van der Waals surface area (Å²) in [6.45, 7) is 8.45. The van der Waals surface area contributed by atoms with Crippen molar-refractivity contribution in [2.45, 2.75) is 39.4 Å². The number of nitrogens with one attached hydrogen (secondary N) is 1. The predicted octanol–water partition coefficient (Wildman–Crippen LogP) is 5.80. The Balaban J connectivity index is 1.63. The van der Waals surface area contributed by atoms with Crippen molar-refractivity contribution in [2.24, 2.45) is 0 Å². The van der Waals surface area contributed by atoms with E-state index in [0.717, 1.165) is 27.9 Å². The molecule has 0 bridgehead atoms. The third kappa shape index (κ3) is 4.36. The molecule has 0 aliphatic carbocycles. The lowest BCUT2D eigenvalue weighted by molar-refractivity contribution is -0.113. The minimum absolute atomic E-state index is 0.0576. The van der Waals surface area contributed by atoms with E-state index in [4.69, 9.17) is 4.98 Å². The highest BCUT2D eigenvalue weighted by Crippen LogP contribution is 2.32. The summed E-state index contributed by atoms with van der Waals surface area (Å²) in [4.78, 5) is 30.6. The molecule has 2 aromatic heterocycles. The van der Waals surface area contributed by atoms with Crippen LogP contribution in [0.3, 0.4) is 0 Å². The molecule has 0 radical (unpaired) electrons. The molecule has 5 nitrogen and oxygen atoms in total. The Hall–Kier alpha value is -2.90. The van der Waals surface area contributed by atoms with E-state index >= 15 is 0 Å². The van der Waals surface area contributed by atoms with Gasteiger partial charge in [-0.2, -0.15) is 0 Å². The lowest BCUT2D eigenvalue weighted by Crippen LogP contribution is -2.23. The lowest BCUT2D eigenvalue weighted by Gasteiger charge is -2.13. The van der Waals surface area contributed by atoms with Crippen LogP contribution in [0.1, 0.15) is 23.6 Å². The molecule has 0 spiro atoms. The summed E-state index contributed by atoms with van der Waals surface area (Å²) in [5.41, 5.74) is 6.71. The highest BCUT2D eigenvalue weighted by molar-refractivity contribution is 7.99. The fourth-order valence-electron chi connectivity index (χ4n) is 3.87. The quantitative estimate of drug-likeness (QED) is 0.290. The van der Waals surface area contributed by atoms with Crippen molar-refractivity contribution in [3.8, 4) is 11.1 Å². The van der Waals surface area contributed by atoms with Gasteiger partial charge in [0, 0.05) is 23.2 Å². The van der Waals surface area contributed by atoms with E-state index in [9.17, 15) is 9.59 Å². The van der Waals surface area contributed by atoms with E-state index in [1.165, 1.54) is 28.7 Å². The lowest BCUT2D eigenvalue weighted by atomic mass is 10.1. The largest absolute Gasteiger partial charge is 0.325 e. The number of anilines is 1. The van der Waals surface area contributed by atoms with Gasteiger partial charge in [0.25, 0.3) is 5.56 Å². The average molecular weight is 464 g/mol. The molecule has 0 unspecified atom stereocenters. The summed E-state index contributed by atoms with van der Waals surface area (Å²) >= 11 is 2.71. The zero-order valence-corrected chi connectivity index (χ0v) is 20.2. The highest BCUT2D eigenvalue weighted by atomic mass is 32.2. The Morgan fingerprint density at radius 1 is 1.12 bits per heavy atom. The Kier molecular flexibility index (Phi) is 6.48. The van der Waals surface area contributed by atoms with Crippen LogP contribution in [0.4, 0.5) is 5.69 Å². The number of thioether (sulfide) groups is 1. The van der Waals surface area contributed by atoms with Crippen molar-refractivity contribution in [1.82, 2.24) is 9.55 Å². The first-order chi connectivity index (χ1) is 15.4.